The van der Waals surface area contributed by atoms with Crippen LogP contribution in [0.4, 0.5) is 10.7 Å². The van der Waals surface area contributed by atoms with Gasteiger partial charge in [0.2, 0.25) is 5.95 Å². The van der Waals surface area contributed by atoms with E-state index in [1.807, 2.05) is 18.0 Å². The van der Waals surface area contributed by atoms with Gasteiger partial charge in [0.05, 0.1) is 0 Å². The van der Waals surface area contributed by atoms with Gasteiger partial charge in [-0.2, -0.15) is 0 Å². The number of urea groups is 1. The largest absolute Gasteiger partial charge is 0.341 e. The summed E-state index contributed by atoms with van der Waals surface area (Å²) in [5.41, 5.74) is 0. The molecular formula is C17H27N5O. The SMILES string of the molecule is CN(C(=O)NC1CCN(c2ncccn2)CC1)C1CCCCC1. The lowest BCUT2D eigenvalue weighted by molar-refractivity contribution is 0.168. The van der Waals surface area contributed by atoms with Crippen molar-refractivity contribution >= 4 is 12.0 Å². The first kappa shape index (κ1) is 16.0. The highest BCUT2D eigenvalue weighted by Gasteiger charge is 2.26. The zero-order chi connectivity index (χ0) is 16.1. The third-order valence-corrected chi connectivity index (χ3v) is 5.10. The van der Waals surface area contributed by atoms with E-state index in [-0.39, 0.29) is 12.1 Å². The van der Waals surface area contributed by atoms with Gasteiger partial charge in [0.25, 0.3) is 0 Å². The average molecular weight is 317 g/mol. The molecule has 23 heavy (non-hydrogen) atoms. The van der Waals surface area contributed by atoms with Gasteiger partial charge in [0, 0.05) is 44.6 Å². The van der Waals surface area contributed by atoms with Crippen LogP contribution in [-0.2, 0) is 0 Å². The van der Waals surface area contributed by atoms with Crippen molar-refractivity contribution in [3.63, 3.8) is 0 Å². The van der Waals surface area contributed by atoms with Gasteiger partial charge in [-0.15, -0.1) is 0 Å². The van der Waals surface area contributed by atoms with E-state index in [1.54, 1.807) is 12.4 Å². The lowest BCUT2D eigenvalue weighted by Crippen LogP contribution is -2.51. The van der Waals surface area contributed by atoms with Gasteiger partial charge in [0.1, 0.15) is 0 Å². The Hall–Kier alpha value is -1.85. The number of anilines is 1. The van der Waals surface area contributed by atoms with Crippen LogP contribution in [0.25, 0.3) is 0 Å². The number of rotatable bonds is 3. The molecule has 0 spiro atoms. The summed E-state index contributed by atoms with van der Waals surface area (Å²) in [6, 6.07) is 2.60. The maximum Gasteiger partial charge on any atom is 0.317 e. The van der Waals surface area contributed by atoms with E-state index in [1.165, 1.54) is 19.3 Å². The molecule has 2 amide bonds. The van der Waals surface area contributed by atoms with Crippen LogP contribution >= 0.6 is 0 Å². The minimum atomic E-state index is 0.0892. The summed E-state index contributed by atoms with van der Waals surface area (Å²) in [6.07, 6.45) is 11.5. The van der Waals surface area contributed by atoms with Crippen molar-refractivity contribution in [1.82, 2.24) is 20.2 Å². The zero-order valence-corrected chi connectivity index (χ0v) is 13.9. The van der Waals surface area contributed by atoms with Crippen LogP contribution < -0.4 is 10.2 Å². The van der Waals surface area contributed by atoms with Crippen molar-refractivity contribution in [2.75, 3.05) is 25.0 Å². The van der Waals surface area contributed by atoms with E-state index in [2.05, 4.69) is 20.2 Å². The van der Waals surface area contributed by atoms with Gasteiger partial charge < -0.3 is 15.1 Å². The molecule has 1 aromatic heterocycles. The lowest BCUT2D eigenvalue weighted by Gasteiger charge is -2.35. The summed E-state index contributed by atoms with van der Waals surface area (Å²) >= 11 is 0. The monoisotopic (exact) mass is 317 g/mol. The van der Waals surface area contributed by atoms with Crippen molar-refractivity contribution in [2.24, 2.45) is 0 Å². The summed E-state index contributed by atoms with van der Waals surface area (Å²) in [7, 11) is 1.94. The fourth-order valence-electron chi connectivity index (χ4n) is 3.59. The summed E-state index contributed by atoms with van der Waals surface area (Å²) in [5.74, 6) is 0.789. The molecule has 1 N–H and O–H groups in total. The molecule has 2 heterocycles. The molecule has 2 fully saturated rings. The van der Waals surface area contributed by atoms with E-state index in [0.29, 0.717) is 6.04 Å². The van der Waals surface area contributed by atoms with Gasteiger partial charge in [-0.1, -0.05) is 19.3 Å². The van der Waals surface area contributed by atoms with Crippen molar-refractivity contribution in [3.05, 3.63) is 18.5 Å². The fourth-order valence-corrected chi connectivity index (χ4v) is 3.59. The number of hydrogen-bond donors (Lipinski definition) is 1. The Balaban J connectivity index is 1.45. The van der Waals surface area contributed by atoms with Gasteiger partial charge in [-0.25, -0.2) is 14.8 Å². The molecule has 6 nitrogen and oxygen atoms in total. The molecule has 3 rings (SSSR count). The predicted octanol–water partition coefficient (Wildman–Crippen LogP) is 2.42. The first-order valence-electron chi connectivity index (χ1n) is 8.79. The molecule has 1 aliphatic heterocycles. The van der Waals surface area contributed by atoms with E-state index >= 15 is 0 Å². The minimum Gasteiger partial charge on any atom is -0.341 e. The Kier molecular flexibility index (Phi) is 5.31. The molecule has 0 bridgehead atoms. The van der Waals surface area contributed by atoms with Crippen LogP contribution in [0.3, 0.4) is 0 Å². The first-order valence-corrected chi connectivity index (χ1v) is 8.79. The highest BCUT2D eigenvalue weighted by Crippen LogP contribution is 2.22. The highest BCUT2D eigenvalue weighted by molar-refractivity contribution is 5.74. The third kappa shape index (κ3) is 4.12. The maximum absolute atomic E-state index is 12.4. The van der Waals surface area contributed by atoms with Gasteiger partial charge >= 0.3 is 6.03 Å². The van der Waals surface area contributed by atoms with E-state index < -0.39 is 0 Å². The second-order valence-electron chi connectivity index (χ2n) is 6.66. The molecular weight excluding hydrogens is 290 g/mol. The van der Waals surface area contributed by atoms with Crippen molar-refractivity contribution in [2.45, 2.75) is 57.0 Å². The molecule has 1 saturated carbocycles. The zero-order valence-electron chi connectivity index (χ0n) is 13.9. The number of hydrogen-bond acceptors (Lipinski definition) is 4. The van der Waals surface area contributed by atoms with Gasteiger partial charge in [0.15, 0.2) is 0 Å². The molecule has 1 aliphatic carbocycles. The van der Waals surface area contributed by atoms with Crippen molar-refractivity contribution in [3.8, 4) is 0 Å². The van der Waals surface area contributed by atoms with Crippen LogP contribution in [0.1, 0.15) is 44.9 Å². The molecule has 1 saturated heterocycles. The lowest BCUT2D eigenvalue weighted by atomic mass is 9.95. The van der Waals surface area contributed by atoms with Crippen molar-refractivity contribution < 1.29 is 4.79 Å². The fraction of sp³-hybridized carbons (Fsp3) is 0.706. The molecule has 2 aliphatic rings. The van der Waals surface area contributed by atoms with Crippen molar-refractivity contribution in [1.29, 1.82) is 0 Å². The predicted molar refractivity (Wildman–Crippen MR) is 90.4 cm³/mol. The number of piperidine rings is 1. The number of carbonyl (C=O) groups excluding carboxylic acids is 1. The first-order chi connectivity index (χ1) is 11.2. The second kappa shape index (κ2) is 7.62. The topological polar surface area (TPSA) is 61.4 Å². The van der Waals surface area contributed by atoms with Crippen LogP contribution in [0.5, 0.6) is 0 Å². The summed E-state index contributed by atoms with van der Waals surface area (Å²) in [6.45, 7) is 1.78. The number of carbonyl (C=O) groups is 1. The summed E-state index contributed by atoms with van der Waals surface area (Å²) in [4.78, 5) is 25.1. The Labute approximate surface area is 138 Å². The average Bonchev–Trinajstić information content (AvgIpc) is 2.63. The van der Waals surface area contributed by atoms with E-state index in [4.69, 9.17) is 0 Å². The Morgan fingerprint density at radius 3 is 2.43 bits per heavy atom. The van der Waals surface area contributed by atoms with Crippen LogP contribution in [-0.4, -0.2) is 53.1 Å². The maximum atomic E-state index is 12.4. The van der Waals surface area contributed by atoms with Gasteiger partial charge in [-0.3, -0.25) is 0 Å². The molecule has 0 unspecified atom stereocenters. The molecule has 0 atom stereocenters. The second-order valence-corrected chi connectivity index (χ2v) is 6.66. The number of aromatic nitrogens is 2. The molecule has 1 aromatic rings. The molecule has 0 radical (unpaired) electrons. The standard InChI is InChI=1S/C17H27N5O/c1-21(15-6-3-2-4-7-15)17(23)20-14-8-12-22(13-9-14)16-18-10-5-11-19-16/h5,10-11,14-15H,2-4,6-9,12-13H2,1H3,(H,20,23). The minimum absolute atomic E-state index is 0.0892. The summed E-state index contributed by atoms with van der Waals surface area (Å²) < 4.78 is 0. The van der Waals surface area contributed by atoms with Crippen LogP contribution in [0.2, 0.25) is 0 Å². The number of amides is 2. The Morgan fingerprint density at radius 2 is 1.78 bits per heavy atom. The van der Waals surface area contributed by atoms with Crippen LogP contribution in [0.15, 0.2) is 18.5 Å². The van der Waals surface area contributed by atoms with E-state index in [9.17, 15) is 4.79 Å². The van der Waals surface area contributed by atoms with E-state index in [0.717, 1.165) is 44.7 Å². The summed E-state index contributed by atoms with van der Waals surface area (Å²) in [5, 5.41) is 3.21. The van der Waals surface area contributed by atoms with Gasteiger partial charge in [-0.05, 0) is 31.7 Å². The molecule has 6 heteroatoms. The number of nitrogens with one attached hydrogen (secondary N) is 1. The highest BCUT2D eigenvalue weighted by atomic mass is 16.2. The molecule has 0 aromatic carbocycles. The Morgan fingerprint density at radius 1 is 1.13 bits per heavy atom. The molecule has 126 valence electrons. The Bertz CT molecular complexity index is 495. The third-order valence-electron chi connectivity index (χ3n) is 5.10. The normalized spacial score (nSPS) is 20.3. The smallest absolute Gasteiger partial charge is 0.317 e. The van der Waals surface area contributed by atoms with Crippen LogP contribution in [0, 0.1) is 0 Å². The quantitative estimate of drug-likeness (QED) is 0.930. The number of nitrogens with zero attached hydrogens (tertiary/aromatic N) is 4.